The Morgan fingerprint density at radius 1 is 0.731 bits per heavy atom. The first-order chi connectivity index (χ1) is 12.8. The predicted molar refractivity (Wildman–Crippen MR) is 111 cm³/mol. The molecule has 5 rings (SSSR count). The summed E-state index contributed by atoms with van der Waals surface area (Å²) in [6.07, 6.45) is 10.1. The third-order valence-electron chi connectivity index (χ3n) is 6.18. The maximum Gasteiger partial charge on any atom is 0.0672 e. The quantitative estimate of drug-likeness (QED) is 0.627. The molecule has 0 spiro atoms. The maximum atomic E-state index is 2.61. The zero-order valence-electron chi connectivity index (χ0n) is 16.2. The normalized spacial score (nSPS) is 22.2. The molecule has 1 saturated heterocycles. The van der Waals surface area contributed by atoms with Gasteiger partial charge in [0.15, 0.2) is 0 Å². The minimum Gasteiger partial charge on any atom is -0.362 e. The van der Waals surface area contributed by atoms with E-state index in [9.17, 15) is 0 Å². The minimum atomic E-state index is 0.494. The van der Waals surface area contributed by atoms with E-state index in [1.807, 2.05) is 0 Å². The van der Waals surface area contributed by atoms with Gasteiger partial charge < -0.3 is 9.80 Å². The third-order valence-corrected chi connectivity index (χ3v) is 6.18. The summed E-state index contributed by atoms with van der Waals surface area (Å²) in [4.78, 5) is 5.06. The van der Waals surface area contributed by atoms with E-state index in [2.05, 4.69) is 65.4 Å². The van der Waals surface area contributed by atoms with Crippen LogP contribution in [-0.2, 0) is 6.42 Å². The summed E-state index contributed by atoms with van der Waals surface area (Å²) in [6, 6.07) is 18.4. The topological polar surface area (TPSA) is 6.48 Å². The Morgan fingerprint density at radius 2 is 1.35 bits per heavy atom. The number of para-hydroxylation sites is 1. The lowest BCUT2D eigenvalue weighted by atomic mass is 9.96. The molecule has 138 valence electrons. The van der Waals surface area contributed by atoms with Crippen molar-refractivity contribution in [1.29, 1.82) is 0 Å². The number of piperazine rings is 1. The summed E-state index contributed by atoms with van der Waals surface area (Å²) >= 11 is 0. The highest BCUT2D eigenvalue weighted by atomic mass is 15.3. The van der Waals surface area contributed by atoms with Gasteiger partial charge in [-0.2, -0.15) is 0 Å². The first-order valence-corrected chi connectivity index (χ1v) is 10.4. The molecule has 0 amide bonds. The van der Waals surface area contributed by atoms with Crippen LogP contribution in [0.15, 0.2) is 48.5 Å². The maximum absolute atomic E-state index is 2.61. The van der Waals surface area contributed by atoms with Crippen molar-refractivity contribution < 1.29 is 0 Å². The summed E-state index contributed by atoms with van der Waals surface area (Å²) in [5, 5.41) is 0. The second kappa shape index (κ2) is 8.26. The molecule has 1 aliphatic carbocycles. The van der Waals surface area contributed by atoms with E-state index in [0.717, 1.165) is 26.1 Å². The zero-order chi connectivity index (χ0) is 17.8. The van der Waals surface area contributed by atoms with E-state index in [1.165, 1.54) is 60.9 Å². The Bertz CT molecular complexity index is 708. The van der Waals surface area contributed by atoms with Crippen LogP contribution < -0.4 is 4.90 Å². The summed E-state index contributed by atoms with van der Waals surface area (Å²) in [7, 11) is 2.23. The Morgan fingerprint density at radius 3 is 2.08 bits per heavy atom. The van der Waals surface area contributed by atoms with Crippen LogP contribution in [0.2, 0.25) is 0 Å². The number of hydrogen-bond donors (Lipinski definition) is 0. The van der Waals surface area contributed by atoms with Crippen molar-refractivity contribution in [3.05, 3.63) is 65.2 Å². The Kier molecular flexibility index (Phi) is 5.59. The van der Waals surface area contributed by atoms with Crippen LogP contribution in [0.5, 0.6) is 0 Å². The van der Waals surface area contributed by atoms with Crippen molar-refractivity contribution >= 4 is 5.69 Å². The van der Waals surface area contributed by atoms with Crippen molar-refractivity contribution in [3.8, 4) is 0 Å². The summed E-state index contributed by atoms with van der Waals surface area (Å²) in [5.74, 6) is 0. The monoisotopic (exact) mass is 348 g/mol. The number of anilines is 1. The zero-order valence-corrected chi connectivity index (χ0v) is 16.2. The van der Waals surface area contributed by atoms with Crippen molar-refractivity contribution in [1.82, 2.24) is 4.90 Å². The molecule has 2 fully saturated rings. The molecule has 0 radical (unpaired) electrons. The van der Waals surface area contributed by atoms with Gasteiger partial charge >= 0.3 is 0 Å². The van der Waals surface area contributed by atoms with Gasteiger partial charge in [0.25, 0.3) is 0 Å². The molecule has 2 nitrogen and oxygen atoms in total. The number of rotatable bonds is 0. The Balaban J connectivity index is 0.000000240. The summed E-state index contributed by atoms with van der Waals surface area (Å²) in [5.41, 5.74) is 5.90. The van der Waals surface area contributed by atoms with Gasteiger partial charge in [0.2, 0.25) is 0 Å². The van der Waals surface area contributed by atoms with Crippen LogP contribution in [-0.4, -0.2) is 31.6 Å². The van der Waals surface area contributed by atoms with Crippen LogP contribution in [0.25, 0.3) is 0 Å². The van der Waals surface area contributed by atoms with Crippen molar-refractivity contribution in [3.63, 3.8) is 0 Å². The smallest absolute Gasteiger partial charge is 0.0672 e. The van der Waals surface area contributed by atoms with Gasteiger partial charge in [0.1, 0.15) is 0 Å². The fourth-order valence-electron chi connectivity index (χ4n) is 4.70. The van der Waals surface area contributed by atoms with Gasteiger partial charge in [-0.15, -0.1) is 0 Å². The molecule has 0 N–H and O–H groups in total. The van der Waals surface area contributed by atoms with Crippen LogP contribution in [0.4, 0.5) is 5.69 Å². The molecule has 1 saturated carbocycles. The lowest BCUT2D eigenvalue weighted by Gasteiger charge is -2.41. The fourth-order valence-corrected chi connectivity index (χ4v) is 4.70. The van der Waals surface area contributed by atoms with Gasteiger partial charge in [-0.05, 0) is 36.2 Å². The molecule has 1 atom stereocenters. The molecule has 0 bridgehead atoms. The Hall–Kier alpha value is -1.80. The molecule has 2 heteroatoms. The van der Waals surface area contributed by atoms with E-state index in [1.54, 1.807) is 0 Å². The van der Waals surface area contributed by atoms with Crippen LogP contribution in [0.3, 0.4) is 0 Å². The molecule has 3 aliphatic rings. The molecule has 2 aromatic carbocycles. The number of hydrogen-bond acceptors (Lipinski definition) is 2. The molecular formula is C24H32N2. The highest BCUT2D eigenvalue weighted by Crippen LogP contribution is 2.38. The number of nitrogens with zero attached hydrogens (tertiary/aromatic N) is 2. The van der Waals surface area contributed by atoms with E-state index in [-0.39, 0.29) is 0 Å². The Labute approximate surface area is 158 Å². The van der Waals surface area contributed by atoms with E-state index < -0.39 is 0 Å². The predicted octanol–water partition coefficient (Wildman–Crippen LogP) is 5.42. The second-order valence-electron chi connectivity index (χ2n) is 8.10. The first kappa shape index (κ1) is 17.6. The van der Waals surface area contributed by atoms with Crippen LogP contribution in [0, 0.1) is 0 Å². The average Bonchev–Trinajstić information content (AvgIpc) is 2.84. The lowest BCUT2D eigenvalue weighted by molar-refractivity contribution is 0.269. The van der Waals surface area contributed by atoms with Crippen molar-refractivity contribution in [2.45, 2.75) is 51.0 Å². The van der Waals surface area contributed by atoms with Gasteiger partial charge in [0.05, 0.1) is 6.04 Å². The molecule has 1 unspecified atom stereocenters. The lowest BCUT2D eigenvalue weighted by Crippen LogP contribution is -2.46. The molecule has 2 aliphatic heterocycles. The standard InChI is InChI=1S/C18H20N2.C6H12/c1-19-10-11-20-17-9-5-3-7-15(17)12-14-6-2-4-8-16(14)18(20)13-19;1-2-4-6-5-3-1/h2-9,18H,10-13H2,1H3;1-6H2. The third kappa shape index (κ3) is 3.81. The molecular weight excluding hydrogens is 316 g/mol. The van der Waals surface area contributed by atoms with Crippen LogP contribution >= 0.6 is 0 Å². The highest BCUT2D eigenvalue weighted by Gasteiger charge is 2.31. The minimum absolute atomic E-state index is 0.494. The molecule has 0 aromatic heterocycles. The summed E-state index contributed by atoms with van der Waals surface area (Å²) in [6.45, 7) is 3.38. The van der Waals surface area contributed by atoms with Crippen molar-refractivity contribution in [2.75, 3.05) is 31.6 Å². The van der Waals surface area contributed by atoms with Crippen molar-refractivity contribution in [2.24, 2.45) is 0 Å². The SMILES string of the molecule is C1CCCCC1.CN1CCN2c3ccccc3Cc3ccccc3C2C1. The van der Waals surface area contributed by atoms with E-state index in [4.69, 9.17) is 0 Å². The number of fused-ring (bicyclic) bond motifs is 5. The van der Waals surface area contributed by atoms with Gasteiger partial charge in [-0.1, -0.05) is 81.0 Å². The van der Waals surface area contributed by atoms with E-state index >= 15 is 0 Å². The average molecular weight is 349 g/mol. The number of benzene rings is 2. The summed E-state index contributed by atoms with van der Waals surface area (Å²) < 4.78 is 0. The first-order valence-electron chi connectivity index (χ1n) is 10.4. The largest absolute Gasteiger partial charge is 0.362 e. The van der Waals surface area contributed by atoms with Gasteiger partial charge in [-0.3, -0.25) is 0 Å². The van der Waals surface area contributed by atoms with Gasteiger partial charge in [0, 0.05) is 25.3 Å². The number of likely N-dealkylation sites (N-methyl/N-ethyl adjacent to an activating group) is 1. The second-order valence-corrected chi connectivity index (χ2v) is 8.10. The van der Waals surface area contributed by atoms with Gasteiger partial charge in [-0.25, -0.2) is 0 Å². The van der Waals surface area contributed by atoms with E-state index in [0.29, 0.717) is 6.04 Å². The molecule has 2 heterocycles. The molecule has 2 aromatic rings. The van der Waals surface area contributed by atoms with Crippen LogP contribution in [0.1, 0.15) is 61.3 Å². The molecule has 26 heavy (non-hydrogen) atoms. The highest BCUT2D eigenvalue weighted by molar-refractivity contribution is 5.60. The fraction of sp³-hybridized carbons (Fsp3) is 0.500.